The molecule has 0 N–H and O–H groups in total. The lowest BCUT2D eigenvalue weighted by atomic mass is 10.2. The van der Waals surface area contributed by atoms with Crippen LogP contribution in [0, 0.1) is 0 Å². The van der Waals surface area contributed by atoms with Crippen LogP contribution in [0.25, 0.3) is 0 Å². The lowest BCUT2D eigenvalue weighted by molar-refractivity contribution is 0.240. The average molecular weight is 191 g/mol. The number of ether oxygens (including phenoxy) is 1. The van der Waals surface area contributed by atoms with Crippen LogP contribution in [0.15, 0.2) is 29.3 Å². The van der Waals surface area contributed by atoms with E-state index in [9.17, 15) is 0 Å². The Morgan fingerprint density at radius 1 is 1.36 bits per heavy atom. The molecule has 0 saturated heterocycles. The van der Waals surface area contributed by atoms with E-state index in [2.05, 4.69) is 4.99 Å². The van der Waals surface area contributed by atoms with Crippen molar-refractivity contribution in [1.82, 2.24) is 0 Å². The third kappa shape index (κ3) is 3.21. The maximum Gasteiger partial charge on any atom is 0.124 e. The van der Waals surface area contributed by atoms with Crippen LogP contribution < -0.4 is 4.74 Å². The van der Waals surface area contributed by atoms with Crippen molar-refractivity contribution in [3.8, 4) is 5.75 Å². The molecule has 0 heterocycles. The zero-order valence-electron chi connectivity index (χ0n) is 9.03. The molecule has 0 aromatic heterocycles. The molecular formula is C12H17NO. The lowest BCUT2D eigenvalue weighted by Crippen LogP contribution is -2.07. The van der Waals surface area contributed by atoms with Gasteiger partial charge in [0.15, 0.2) is 0 Å². The minimum absolute atomic E-state index is 0.210. The molecule has 76 valence electrons. The molecule has 0 spiro atoms. The fraction of sp³-hybridized carbons (Fsp3) is 0.417. The molecule has 0 fully saturated rings. The van der Waals surface area contributed by atoms with Gasteiger partial charge in [-0.1, -0.05) is 18.2 Å². The van der Waals surface area contributed by atoms with Gasteiger partial charge in [-0.3, -0.25) is 4.99 Å². The first-order valence-corrected chi connectivity index (χ1v) is 4.93. The van der Waals surface area contributed by atoms with E-state index in [-0.39, 0.29) is 6.10 Å². The molecular weight excluding hydrogens is 174 g/mol. The second kappa shape index (κ2) is 5.43. The summed E-state index contributed by atoms with van der Waals surface area (Å²) in [5, 5.41) is 0. The van der Waals surface area contributed by atoms with Crippen LogP contribution in [0.1, 0.15) is 26.3 Å². The van der Waals surface area contributed by atoms with Gasteiger partial charge in [0.1, 0.15) is 5.75 Å². The summed E-state index contributed by atoms with van der Waals surface area (Å²) < 4.78 is 5.67. The van der Waals surface area contributed by atoms with Gasteiger partial charge in [0.2, 0.25) is 0 Å². The highest BCUT2D eigenvalue weighted by Gasteiger charge is 2.02. The van der Waals surface area contributed by atoms with Gasteiger partial charge in [-0.15, -0.1) is 0 Å². The Labute approximate surface area is 85.6 Å². The van der Waals surface area contributed by atoms with Gasteiger partial charge in [0.05, 0.1) is 12.6 Å². The molecule has 1 aromatic carbocycles. The van der Waals surface area contributed by atoms with Crippen LogP contribution in [0.3, 0.4) is 0 Å². The van der Waals surface area contributed by atoms with Crippen molar-refractivity contribution in [2.75, 3.05) is 0 Å². The van der Waals surface area contributed by atoms with E-state index in [0.29, 0.717) is 6.54 Å². The molecule has 0 amide bonds. The molecule has 2 nitrogen and oxygen atoms in total. The first kappa shape index (κ1) is 10.8. The van der Waals surface area contributed by atoms with Crippen molar-refractivity contribution in [1.29, 1.82) is 0 Å². The molecule has 0 aliphatic rings. The summed E-state index contributed by atoms with van der Waals surface area (Å²) in [4.78, 5) is 4.20. The minimum atomic E-state index is 0.210. The molecule has 0 aliphatic carbocycles. The monoisotopic (exact) mass is 191 g/mol. The Bertz CT molecular complexity index is 305. The summed E-state index contributed by atoms with van der Waals surface area (Å²) in [5.41, 5.74) is 1.14. The number of hydrogen-bond acceptors (Lipinski definition) is 2. The standard InChI is InChI=1S/C12H17NO/c1-4-13-9-11-7-5-6-8-12(11)14-10(2)3/h4-8,10H,9H2,1-3H3. The summed E-state index contributed by atoms with van der Waals surface area (Å²) in [6.45, 7) is 6.67. The molecule has 0 unspecified atom stereocenters. The third-order valence-electron chi connectivity index (χ3n) is 1.78. The highest BCUT2D eigenvalue weighted by molar-refractivity contribution is 5.53. The summed E-state index contributed by atoms with van der Waals surface area (Å²) in [6.07, 6.45) is 2.02. The molecule has 0 saturated carbocycles. The molecule has 0 radical (unpaired) electrons. The molecule has 0 aliphatic heterocycles. The van der Waals surface area contributed by atoms with Crippen LogP contribution in [0.2, 0.25) is 0 Å². The summed E-state index contributed by atoms with van der Waals surface area (Å²) in [5.74, 6) is 0.938. The average Bonchev–Trinajstić information content (AvgIpc) is 2.16. The summed E-state index contributed by atoms with van der Waals surface area (Å²) in [7, 11) is 0. The van der Waals surface area contributed by atoms with E-state index >= 15 is 0 Å². The predicted octanol–water partition coefficient (Wildman–Crippen LogP) is 3.06. The Kier molecular flexibility index (Phi) is 4.17. The van der Waals surface area contributed by atoms with Gasteiger partial charge in [-0.25, -0.2) is 0 Å². The van der Waals surface area contributed by atoms with Crippen molar-refractivity contribution in [3.63, 3.8) is 0 Å². The summed E-state index contributed by atoms with van der Waals surface area (Å²) in [6, 6.07) is 8.02. The number of benzene rings is 1. The molecule has 14 heavy (non-hydrogen) atoms. The van der Waals surface area contributed by atoms with Gasteiger partial charge in [-0.2, -0.15) is 0 Å². The molecule has 0 bridgehead atoms. The van der Waals surface area contributed by atoms with Gasteiger partial charge >= 0.3 is 0 Å². The lowest BCUT2D eigenvalue weighted by Gasteiger charge is -2.12. The highest BCUT2D eigenvalue weighted by atomic mass is 16.5. The van der Waals surface area contributed by atoms with Crippen molar-refractivity contribution >= 4 is 6.21 Å². The number of para-hydroxylation sites is 1. The SMILES string of the molecule is CC=NCc1ccccc1OC(C)C. The van der Waals surface area contributed by atoms with Crippen LogP contribution in [-0.4, -0.2) is 12.3 Å². The Morgan fingerprint density at radius 3 is 2.71 bits per heavy atom. The van der Waals surface area contributed by atoms with E-state index in [0.717, 1.165) is 11.3 Å². The van der Waals surface area contributed by atoms with E-state index < -0.39 is 0 Å². The third-order valence-corrected chi connectivity index (χ3v) is 1.78. The van der Waals surface area contributed by atoms with Crippen molar-refractivity contribution in [2.24, 2.45) is 4.99 Å². The van der Waals surface area contributed by atoms with Crippen molar-refractivity contribution < 1.29 is 4.74 Å². The first-order valence-electron chi connectivity index (χ1n) is 4.93. The zero-order valence-corrected chi connectivity index (χ0v) is 9.03. The van der Waals surface area contributed by atoms with Gasteiger partial charge in [0, 0.05) is 5.56 Å². The van der Waals surface area contributed by atoms with Crippen LogP contribution in [0.4, 0.5) is 0 Å². The first-order chi connectivity index (χ1) is 6.74. The number of nitrogens with zero attached hydrogens (tertiary/aromatic N) is 1. The quantitative estimate of drug-likeness (QED) is 0.670. The maximum atomic E-state index is 5.67. The van der Waals surface area contributed by atoms with Crippen molar-refractivity contribution in [3.05, 3.63) is 29.8 Å². The van der Waals surface area contributed by atoms with Gasteiger partial charge in [-0.05, 0) is 33.1 Å². The zero-order chi connectivity index (χ0) is 10.4. The molecule has 1 aromatic rings. The number of hydrogen-bond donors (Lipinski definition) is 0. The smallest absolute Gasteiger partial charge is 0.124 e. The van der Waals surface area contributed by atoms with E-state index in [1.165, 1.54) is 0 Å². The topological polar surface area (TPSA) is 21.6 Å². The Morgan fingerprint density at radius 2 is 2.07 bits per heavy atom. The Hall–Kier alpha value is -1.31. The fourth-order valence-electron chi connectivity index (χ4n) is 1.19. The fourth-order valence-corrected chi connectivity index (χ4v) is 1.19. The number of aliphatic imine (C=N–C) groups is 1. The Balaban J connectivity index is 2.79. The molecule has 1 rings (SSSR count). The number of rotatable bonds is 4. The van der Waals surface area contributed by atoms with Gasteiger partial charge in [0.25, 0.3) is 0 Å². The normalized spacial score (nSPS) is 11.1. The maximum absolute atomic E-state index is 5.67. The largest absolute Gasteiger partial charge is 0.491 e. The summed E-state index contributed by atoms with van der Waals surface area (Å²) >= 11 is 0. The van der Waals surface area contributed by atoms with Crippen LogP contribution >= 0.6 is 0 Å². The predicted molar refractivity (Wildman–Crippen MR) is 60.1 cm³/mol. The minimum Gasteiger partial charge on any atom is -0.491 e. The second-order valence-corrected chi connectivity index (χ2v) is 3.37. The van der Waals surface area contributed by atoms with Gasteiger partial charge < -0.3 is 4.74 Å². The molecule has 0 atom stereocenters. The highest BCUT2D eigenvalue weighted by Crippen LogP contribution is 2.19. The van der Waals surface area contributed by atoms with Crippen molar-refractivity contribution in [2.45, 2.75) is 33.4 Å². The van der Waals surface area contributed by atoms with E-state index in [4.69, 9.17) is 4.74 Å². The van der Waals surface area contributed by atoms with Crippen LogP contribution in [0.5, 0.6) is 5.75 Å². The van der Waals surface area contributed by atoms with E-state index in [1.54, 1.807) is 0 Å². The molecule has 2 heteroatoms. The van der Waals surface area contributed by atoms with E-state index in [1.807, 2.05) is 51.3 Å². The van der Waals surface area contributed by atoms with Crippen LogP contribution in [-0.2, 0) is 6.54 Å². The second-order valence-electron chi connectivity index (χ2n) is 3.37.